The molecule has 0 aliphatic rings. The Morgan fingerprint density at radius 3 is 2.48 bits per heavy atom. The maximum absolute atomic E-state index is 12.7. The van der Waals surface area contributed by atoms with Gasteiger partial charge in [-0.3, -0.25) is 0 Å². The minimum atomic E-state index is -4.62. The number of thiocarbonyl (C=S) groups is 1. The highest BCUT2D eigenvalue weighted by molar-refractivity contribution is 7.90. The predicted molar refractivity (Wildman–Crippen MR) is 77.9 cm³/mol. The van der Waals surface area contributed by atoms with Crippen molar-refractivity contribution in [2.45, 2.75) is 19.1 Å². The average molecular weight is 341 g/mol. The Hall–Kier alpha value is -1.42. The summed E-state index contributed by atoms with van der Waals surface area (Å²) in [6.45, 7) is 1.51. The molecule has 21 heavy (non-hydrogen) atoms. The van der Waals surface area contributed by atoms with E-state index < -0.39 is 27.7 Å². The molecule has 0 saturated heterocycles. The molecule has 118 valence electrons. The third-order valence-corrected chi connectivity index (χ3v) is 3.71. The number of pyridine rings is 1. The molecule has 5 nitrogen and oxygen atoms in total. The Kier molecular flexibility index (Phi) is 5.16. The topological polar surface area (TPSA) is 85.1 Å². The number of nitrogens with two attached hydrogens (primary N) is 1. The molecule has 0 bridgehead atoms. The number of hydrogen-bond acceptors (Lipinski definition) is 5. The molecule has 0 fully saturated rings. The first kappa shape index (κ1) is 17.6. The van der Waals surface area contributed by atoms with E-state index in [9.17, 15) is 21.6 Å². The fourth-order valence-corrected chi connectivity index (χ4v) is 2.81. The second kappa shape index (κ2) is 6.14. The SMILES string of the molecule is CC(CS(C)(=O)=O)Nc1nc(C(F)(F)F)ccc1C(N)=S. The number of aromatic nitrogens is 1. The number of hydrogen-bond donors (Lipinski definition) is 2. The van der Waals surface area contributed by atoms with E-state index in [1.807, 2.05) is 0 Å². The largest absolute Gasteiger partial charge is 0.433 e. The van der Waals surface area contributed by atoms with Crippen molar-refractivity contribution >= 4 is 32.9 Å². The van der Waals surface area contributed by atoms with Gasteiger partial charge in [-0.25, -0.2) is 13.4 Å². The number of anilines is 1. The number of nitrogens with zero attached hydrogens (tertiary/aromatic N) is 1. The lowest BCUT2D eigenvalue weighted by Crippen LogP contribution is -2.28. The van der Waals surface area contributed by atoms with Gasteiger partial charge in [0.15, 0.2) is 0 Å². The summed E-state index contributed by atoms with van der Waals surface area (Å²) in [7, 11) is -3.29. The van der Waals surface area contributed by atoms with E-state index in [4.69, 9.17) is 18.0 Å². The lowest BCUT2D eigenvalue weighted by atomic mass is 10.2. The third-order valence-electron chi connectivity index (χ3n) is 2.39. The molecular weight excluding hydrogens is 327 g/mol. The highest BCUT2D eigenvalue weighted by atomic mass is 32.2. The first-order valence-electron chi connectivity index (χ1n) is 5.72. The van der Waals surface area contributed by atoms with Crippen LogP contribution in [-0.4, -0.2) is 36.4 Å². The Bertz CT molecular complexity index is 645. The van der Waals surface area contributed by atoms with Crippen molar-refractivity contribution in [2.24, 2.45) is 5.73 Å². The molecule has 1 aromatic heterocycles. The van der Waals surface area contributed by atoms with Gasteiger partial charge in [-0.05, 0) is 19.1 Å². The van der Waals surface area contributed by atoms with Crippen LogP contribution in [0.4, 0.5) is 19.0 Å². The molecule has 0 aromatic carbocycles. The Morgan fingerprint density at radius 1 is 1.48 bits per heavy atom. The van der Waals surface area contributed by atoms with E-state index in [2.05, 4.69) is 10.3 Å². The van der Waals surface area contributed by atoms with Crippen LogP contribution in [0.2, 0.25) is 0 Å². The molecule has 1 atom stereocenters. The standard InChI is InChI=1S/C11H14F3N3O2S2/c1-6(5-21(2,18)19)16-10-7(9(15)20)3-4-8(17-10)11(12,13)14/h3-4,6H,5H2,1-2H3,(H2,15,20)(H,16,17). The summed E-state index contributed by atoms with van der Waals surface area (Å²) in [5.41, 5.74) is 4.44. The minimum Gasteiger partial charge on any atom is -0.389 e. The molecule has 0 spiro atoms. The zero-order valence-electron chi connectivity index (χ0n) is 11.2. The van der Waals surface area contributed by atoms with Crippen molar-refractivity contribution in [1.82, 2.24) is 4.98 Å². The predicted octanol–water partition coefficient (Wildman–Crippen LogP) is 1.58. The van der Waals surface area contributed by atoms with E-state index in [1.165, 1.54) is 6.92 Å². The average Bonchev–Trinajstić information content (AvgIpc) is 2.24. The van der Waals surface area contributed by atoms with E-state index in [1.54, 1.807) is 0 Å². The highest BCUT2D eigenvalue weighted by Gasteiger charge is 2.33. The fourth-order valence-electron chi connectivity index (χ4n) is 1.66. The van der Waals surface area contributed by atoms with Gasteiger partial charge in [0.25, 0.3) is 0 Å². The molecule has 0 saturated carbocycles. The summed E-state index contributed by atoms with van der Waals surface area (Å²) in [4.78, 5) is 3.30. The first-order valence-corrected chi connectivity index (χ1v) is 8.19. The lowest BCUT2D eigenvalue weighted by molar-refractivity contribution is -0.141. The summed E-state index contributed by atoms with van der Waals surface area (Å²) in [5, 5.41) is 2.60. The maximum atomic E-state index is 12.7. The highest BCUT2D eigenvalue weighted by Crippen LogP contribution is 2.29. The molecule has 1 rings (SSSR count). The van der Waals surface area contributed by atoms with Crippen molar-refractivity contribution in [1.29, 1.82) is 0 Å². The van der Waals surface area contributed by atoms with Crippen LogP contribution in [0.15, 0.2) is 12.1 Å². The molecule has 0 aliphatic heterocycles. The van der Waals surface area contributed by atoms with Gasteiger partial charge in [0.2, 0.25) is 0 Å². The second-order valence-corrected chi connectivity index (χ2v) is 7.22. The van der Waals surface area contributed by atoms with Crippen LogP contribution in [0, 0.1) is 0 Å². The molecule has 10 heteroatoms. The van der Waals surface area contributed by atoms with Gasteiger partial charge in [0, 0.05) is 12.3 Å². The van der Waals surface area contributed by atoms with Crippen LogP contribution >= 0.6 is 12.2 Å². The molecule has 1 aromatic rings. The Morgan fingerprint density at radius 2 is 2.05 bits per heavy atom. The van der Waals surface area contributed by atoms with Crippen molar-refractivity contribution < 1.29 is 21.6 Å². The molecule has 3 N–H and O–H groups in total. The zero-order chi connectivity index (χ0) is 16.4. The van der Waals surface area contributed by atoms with Crippen molar-refractivity contribution in [3.05, 3.63) is 23.4 Å². The van der Waals surface area contributed by atoms with Gasteiger partial charge < -0.3 is 11.1 Å². The van der Waals surface area contributed by atoms with Gasteiger partial charge >= 0.3 is 6.18 Å². The summed E-state index contributed by atoms with van der Waals surface area (Å²) in [6, 6.07) is 1.22. The monoisotopic (exact) mass is 341 g/mol. The molecule has 0 amide bonds. The second-order valence-electron chi connectivity index (χ2n) is 4.59. The summed E-state index contributed by atoms with van der Waals surface area (Å²) in [6.07, 6.45) is -3.59. The normalized spacial score (nSPS) is 13.8. The summed E-state index contributed by atoms with van der Waals surface area (Å²) >= 11 is 4.75. The van der Waals surface area contributed by atoms with Crippen LogP contribution in [-0.2, 0) is 16.0 Å². The van der Waals surface area contributed by atoms with Crippen LogP contribution in [0.3, 0.4) is 0 Å². The number of nitrogens with one attached hydrogen (secondary N) is 1. The maximum Gasteiger partial charge on any atom is 0.433 e. The molecule has 0 radical (unpaired) electrons. The van der Waals surface area contributed by atoms with E-state index in [0.717, 1.165) is 18.4 Å². The summed E-state index contributed by atoms with van der Waals surface area (Å²) in [5.74, 6) is -0.449. The molecule has 0 aliphatic carbocycles. The summed E-state index contributed by atoms with van der Waals surface area (Å²) < 4.78 is 60.3. The van der Waals surface area contributed by atoms with Crippen LogP contribution in [0.5, 0.6) is 0 Å². The fraction of sp³-hybridized carbons (Fsp3) is 0.455. The zero-order valence-corrected chi connectivity index (χ0v) is 12.9. The third kappa shape index (κ3) is 5.46. The van der Waals surface area contributed by atoms with E-state index >= 15 is 0 Å². The van der Waals surface area contributed by atoms with Gasteiger partial charge in [0.05, 0.1) is 11.3 Å². The first-order chi connectivity index (χ1) is 9.40. The van der Waals surface area contributed by atoms with Gasteiger partial charge in [-0.2, -0.15) is 13.2 Å². The van der Waals surface area contributed by atoms with Crippen LogP contribution in [0.1, 0.15) is 18.2 Å². The van der Waals surface area contributed by atoms with Gasteiger partial charge in [-0.1, -0.05) is 12.2 Å². The smallest absolute Gasteiger partial charge is 0.389 e. The number of sulfone groups is 1. The lowest BCUT2D eigenvalue weighted by Gasteiger charge is -2.17. The van der Waals surface area contributed by atoms with Crippen molar-refractivity contribution in [3.63, 3.8) is 0 Å². The molecule has 1 heterocycles. The van der Waals surface area contributed by atoms with E-state index in [-0.39, 0.29) is 22.1 Å². The van der Waals surface area contributed by atoms with Gasteiger partial charge in [-0.15, -0.1) is 0 Å². The molecular formula is C11H14F3N3O2S2. The Balaban J connectivity index is 3.15. The number of rotatable bonds is 5. The van der Waals surface area contributed by atoms with Gasteiger partial charge in [0.1, 0.15) is 26.3 Å². The van der Waals surface area contributed by atoms with E-state index in [0.29, 0.717) is 0 Å². The number of halogens is 3. The number of alkyl halides is 3. The Labute approximate surface area is 125 Å². The quantitative estimate of drug-likeness (QED) is 0.791. The van der Waals surface area contributed by atoms with Crippen LogP contribution < -0.4 is 11.1 Å². The van der Waals surface area contributed by atoms with Crippen LogP contribution in [0.25, 0.3) is 0 Å². The molecule has 1 unspecified atom stereocenters. The minimum absolute atomic E-state index is 0.123. The van der Waals surface area contributed by atoms with Crippen molar-refractivity contribution in [2.75, 3.05) is 17.3 Å². The van der Waals surface area contributed by atoms with Crippen molar-refractivity contribution in [3.8, 4) is 0 Å².